The normalized spacial score (nSPS) is 11.8. The summed E-state index contributed by atoms with van der Waals surface area (Å²) in [6, 6.07) is 5.89. The number of halogens is 1. The first-order valence-corrected chi connectivity index (χ1v) is 8.05. The van der Waals surface area contributed by atoms with Crippen LogP contribution in [0, 0.1) is 12.3 Å². The molecule has 0 heterocycles. The third-order valence-electron chi connectivity index (χ3n) is 3.42. The zero-order valence-corrected chi connectivity index (χ0v) is 15.0. The molecule has 3 N–H and O–H groups in total. The van der Waals surface area contributed by atoms with Gasteiger partial charge in [0.05, 0.1) is 12.2 Å². The van der Waals surface area contributed by atoms with Crippen molar-refractivity contribution < 1.29 is 4.79 Å². The van der Waals surface area contributed by atoms with E-state index in [0.29, 0.717) is 13.1 Å². The van der Waals surface area contributed by atoms with Crippen LogP contribution in [0.5, 0.6) is 0 Å². The Morgan fingerprint density at radius 1 is 1.43 bits per heavy atom. The summed E-state index contributed by atoms with van der Waals surface area (Å²) in [6.45, 7) is 10.9. The molecule has 118 valence electrons. The minimum Gasteiger partial charge on any atom is -0.330 e. The van der Waals surface area contributed by atoms with Crippen LogP contribution in [0.4, 0.5) is 5.69 Å². The van der Waals surface area contributed by atoms with E-state index in [9.17, 15) is 4.79 Å². The molecule has 21 heavy (non-hydrogen) atoms. The molecule has 0 saturated carbocycles. The van der Waals surface area contributed by atoms with Gasteiger partial charge < -0.3 is 11.1 Å². The average Bonchev–Trinajstić information content (AvgIpc) is 2.41. The Morgan fingerprint density at radius 3 is 2.62 bits per heavy atom. The second-order valence-corrected chi connectivity index (χ2v) is 7.06. The van der Waals surface area contributed by atoms with Crippen molar-refractivity contribution in [2.24, 2.45) is 11.1 Å². The van der Waals surface area contributed by atoms with Gasteiger partial charge in [-0.15, -0.1) is 0 Å². The van der Waals surface area contributed by atoms with E-state index in [1.54, 1.807) is 0 Å². The molecule has 0 bridgehead atoms. The minimum atomic E-state index is -0.00535. The van der Waals surface area contributed by atoms with Crippen LogP contribution in [-0.2, 0) is 4.79 Å². The fourth-order valence-electron chi connectivity index (χ4n) is 2.06. The van der Waals surface area contributed by atoms with Gasteiger partial charge in [0.2, 0.25) is 5.91 Å². The molecule has 0 unspecified atom stereocenters. The van der Waals surface area contributed by atoms with Gasteiger partial charge in [-0.2, -0.15) is 0 Å². The van der Waals surface area contributed by atoms with Crippen molar-refractivity contribution in [2.75, 3.05) is 31.5 Å². The molecule has 0 atom stereocenters. The molecule has 0 aliphatic rings. The lowest BCUT2D eigenvalue weighted by Crippen LogP contribution is -2.42. The van der Waals surface area contributed by atoms with E-state index in [2.05, 4.69) is 46.9 Å². The zero-order chi connectivity index (χ0) is 16.0. The van der Waals surface area contributed by atoms with Gasteiger partial charge in [-0.25, -0.2) is 0 Å². The summed E-state index contributed by atoms with van der Waals surface area (Å²) in [4.78, 5) is 14.3. The Bertz CT molecular complexity index is 488. The number of aryl methyl sites for hydroxylation is 1. The van der Waals surface area contributed by atoms with E-state index in [4.69, 9.17) is 5.73 Å². The molecule has 1 aromatic rings. The fraction of sp³-hybridized carbons (Fsp3) is 0.562. The maximum atomic E-state index is 12.2. The molecular formula is C16H26BrN3O. The number of nitrogens with one attached hydrogen (secondary N) is 1. The molecule has 0 aliphatic carbocycles. The van der Waals surface area contributed by atoms with Gasteiger partial charge in [-0.1, -0.05) is 26.8 Å². The topological polar surface area (TPSA) is 58.4 Å². The smallest absolute Gasteiger partial charge is 0.238 e. The van der Waals surface area contributed by atoms with E-state index >= 15 is 0 Å². The van der Waals surface area contributed by atoms with Gasteiger partial charge >= 0.3 is 0 Å². The number of carbonyl (C=O) groups is 1. The van der Waals surface area contributed by atoms with E-state index < -0.39 is 0 Å². The zero-order valence-electron chi connectivity index (χ0n) is 13.4. The van der Waals surface area contributed by atoms with Crippen molar-refractivity contribution >= 4 is 27.5 Å². The molecule has 1 amide bonds. The second kappa shape index (κ2) is 7.92. The summed E-state index contributed by atoms with van der Waals surface area (Å²) >= 11 is 3.47. The number of carbonyl (C=O) groups excluding carboxylic acids is 1. The molecule has 1 rings (SSSR count). The molecule has 0 spiro atoms. The highest BCUT2D eigenvalue weighted by molar-refractivity contribution is 9.10. The summed E-state index contributed by atoms with van der Waals surface area (Å²) in [6.07, 6.45) is 0. The van der Waals surface area contributed by atoms with Crippen molar-refractivity contribution in [3.63, 3.8) is 0 Å². The number of nitrogens with two attached hydrogens (primary N) is 1. The Balaban J connectivity index is 2.63. The Kier molecular flexibility index (Phi) is 6.84. The van der Waals surface area contributed by atoms with Crippen molar-refractivity contribution in [2.45, 2.75) is 27.7 Å². The van der Waals surface area contributed by atoms with Crippen LogP contribution >= 0.6 is 15.9 Å². The quantitative estimate of drug-likeness (QED) is 0.790. The molecule has 5 heteroatoms. The number of amides is 1. The first-order valence-electron chi connectivity index (χ1n) is 7.26. The van der Waals surface area contributed by atoms with E-state index in [0.717, 1.165) is 28.8 Å². The predicted octanol–water partition coefficient (Wildman–Crippen LogP) is 3.00. The molecule has 0 radical (unpaired) electrons. The molecule has 0 aromatic heterocycles. The third-order valence-corrected chi connectivity index (χ3v) is 4.07. The van der Waals surface area contributed by atoms with Gasteiger partial charge in [-0.05, 0) is 59.1 Å². The second-order valence-electron chi connectivity index (χ2n) is 6.20. The predicted molar refractivity (Wildman–Crippen MR) is 92.5 cm³/mol. The number of hydrogen-bond donors (Lipinski definition) is 2. The first-order chi connectivity index (χ1) is 9.77. The molecule has 0 saturated heterocycles. The van der Waals surface area contributed by atoms with Crippen LogP contribution < -0.4 is 11.1 Å². The van der Waals surface area contributed by atoms with Crippen molar-refractivity contribution in [1.29, 1.82) is 0 Å². The van der Waals surface area contributed by atoms with E-state index in [1.165, 1.54) is 0 Å². The number of nitrogens with zero attached hydrogens (tertiary/aromatic N) is 1. The number of hydrogen-bond acceptors (Lipinski definition) is 3. The monoisotopic (exact) mass is 355 g/mol. The van der Waals surface area contributed by atoms with Gasteiger partial charge in [-0.3, -0.25) is 9.69 Å². The number of likely N-dealkylation sites (N-methyl/N-ethyl adjacent to an activating group) is 1. The van der Waals surface area contributed by atoms with Crippen LogP contribution in [0.1, 0.15) is 26.3 Å². The van der Waals surface area contributed by atoms with Crippen LogP contribution in [0.3, 0.4) is 0 Å². The molecular weight excluding hydrogens is 330 g/mol. The van der Waals surface area contributed by atoms with Gasteiger partial charge in [0.1, 0.15) is 0 Å². The van der Waals surface area contributed by atoms with Gasteiger partial charge in [0.25, 0.3) is 0 Å². The van der Waals surface area contributed by atoms with E-state index in [-0.39, 0.29) is 11.3 Å². The van der Waals surface area contributed by atoms with Crippen LogP contribution in [0.25, 0.3) is 0 Å². The lowest BCUT2D eigenvalue weighted by molar-refractivity contribution is -0.117. The SMILES string of the molecule is CCN(CC(=O)Nc1ccc(C)cc1Br)CC(C)(C)CN. The van der Waals surface area contributed by atoms with Gasteiger partial charge in [0, 0.05) is 11.0 Å². The standard InChI is InChI=1S/C16H26BrN3O/c1-5-20(11-16(3,4)10-18)9-15(21)19-14-7-6-12(2)8-13(14)17/h6-8H,5,9-11,18H2,1-4H3,(H,19,21). The van der Waals surface area contributed by atoms with Crippen LogP contribution in [-0.4, -0.2) is 37.0 Å². The lowest BCUT2D eigenvalue weighted by Gasteiger charge is -2.30. The van der Waals surface area contributed by atoms with Gasteiger partial charge in [0.15, 0.2) is 0 Å². The third kappa shape index (κ3) is 6.16. The van der Waals surface area contributed by atoms with Crippen LogP contribution in [0.15, 0.2) is 22.7 Å². The Labute approximate surface area is 136 Å². The lowest BCUT2D eigenvalue weighted by atomic mass is 9.93. The Morgan fingerprint density at radius 2 is 2.10 bits per heavy atom. The van der Waals surface area contributed by atoms with Crippen LogP contribution in [0.2, 0.25) is 0 Å². The largest absolute Gasteiger partial charge is 0.330 e. The molecule has 0 fully saturated rings. The van der Waals surface area contributed by atoms with Crippen molar-refractivity contribution in [3.8, 4) is 0 Å². The average molecular weight is 356 g/mol. The summed E-state index contributed by atoms with van der Waals surface area (Å²) in [7, 11) is 0. The highest BCUT2D eigenvalue weighted by atomic mass is 79.9. The molecule has 1 aromatic carbocycles. The van der Waals surface area contributed by atoms with Crippen molar-refractivity contribution in [3.05, 3.63) is 28.2 Å². The first kappa shape index (κ1) is 18.1. The number of rotatable bonds is 7. The highest BCUT2D eigenvalue weighted by Crippen LogP contribution is 2.23. The summed E-state index contributed by atoms with van der Waals surface area (Å²) in [5.41, 5.74) is 7.74. The molecule has 4 nitrogen and oxygen atoms in total. The maximum Gasteiger partial charge on any atom is 0.238 e. The highest BCUT2D eigenvalue weighted by Gasteiger charge is 2.21. The summed E-state index contributed by atoms with van der Waals surface area (Å²) in [5.74, 6) is -0.00535. The molecule has 0 aliphatic heterocycles. The number of anilines is 1. The van der Waals surface area contributed by atoms with Crippen molar-refractivity contribution in [1.82, 2.24) is 4.90 Å². The fourth-order valence-corrected chi connectivity index (χ4v) is 2.66. The summed E-state index contributed by atoms with van der Waals surface area (Å²) < 4.78 is 0.904. The minimum absolute atomic E-state index is 0.00535. The summed E-state index contributed by atoms with van der Waals surface area (Å²) in [5, 5.41) is 2.95. The number of benzene rings is 1. The Hall–Kier alpha value is -0.910. The maximum absolute atomic E-state index is 12.2. The van der Waals surface area contributed by atoms with E-state index in [1.807, 2.05) is 25.1 Å².